The van der Waals surface area contributed by atoms with Crippen LogP contribution in [0.1, 0.15) is 27.9 Å². The number of halogens is 1. The van der Waals surface area contributed by atoms with Crippen LogP contribution in [0.25, 0.3) is 11.4 Å². The Hall–Kier alpha value is -2.87. The van der Waals surface area contributed by atoms with Gasteiger partial charge in [-0.05, 0) is 65.4 Å². The van der Waals surface area contributed by atoms with Crippen molar-refractivity contribution in [1.29, 1.82) is 0 Å². The van der Waals surface area contributed by atoms with Crippen molar-refractivity contribution in [2.24, 2.45) is 0 Å². The summed E-state index contributed by atoms with van der Waals surface area (Å²) in [5.41, 5.74) is 3.36. The van der Waals surface area contributed by atoms with Gasteiger partial charge in [-0.2, -0.15) is 4.98 Å². The molecule has 0 amide bonds. The molecule has 1 aliphatic rings. The molecule has 0 saturated heterocycles. The number of rotatable bonds is 6. The zero-order valence-electron chi connectivity index (χ0n) is 17.7. The fourth-order valence-electron chi connectivity index (χ4n) is 4.16. The molecule has 0 saturated carbocycles. The van der Waals surface area contributed by atoms with Gasteiger partial charge < -0.3 is 14.0 Å². The Morgan fingerprint density at radius 2 is 1.91 bits per heavy atom. The van der Waals surface area contributed by atoms with Crippen LogP contribution >= 0.6 is 22.9 Å². The minimum atomic E-state index is 0.0736. The molecule has 2 aromatic heterocycles. The van der Waals surface area contributed by atoms with Gasteiger partial charge in [-0.25, -0.2) is 0 Å². The third-order valence-electron chi connectivity index (χ3n) is 5.70. The monoisotopic (exact) mass is 467 g/mol. The first-order valence-corrected chi connectivity index (χ1v) is 11.5. The summed E-state index contributed by atoms with van der Waals surface area (Å²) in [6.07, 6.45) is 0.899. The molecule has 4 aromatic rings. The Kier molecular flexibility index (Phi) is 5.87. The van der Waals surface area contributed by atoms with Crippen molar-refractivity contribution in [3.63, 3.8) is 0 Å². The predicted molar refractivity (Wildman–Crippen MR) is 125 cm³/mol. The minimum Gasteiger partial charge on any atom is -0.493 e. The molecular formula is C24H22ClN3O3S. The van der Waals surface area contributed by atoms with Crippen molar-refractivity contribution in [2.45, 2.75) is 19.0 Å². The highest BCUT2D eigenvalue weighted by Gasteiger charge is 2.32. The van der Waals surface area contributed by atoms with Crippen LogP contribution in [0, 0.1) is 0 Å². The summed E-state index contributed by atoms with van der Waals surface area (Å²) in [5.74, 6) is 2.64. The highest BCUT2D eigenvalue weighted by atomic mass is 35.5. The molecule has 0 radical (unpaired) electrons. The van der Waals surface area contributed by atoms with Crippen molar-refractivity contribution in [3.05, 3.63) is 80.8 Å². The van der Waals surface area contributed by atoms with Gasteiger partial charge in [0.2, 0.25) is 11.7 Å². The third-order valence-corrected chi connectivity index (χ3v) is 6.87. The number of nitrogens with zero attached hydrogens (tertiary/aromatic N) is 3. The molecule has 164 valence electrons. The molecule has 0 fully saturated rings. The molecule has 5 rings (SSSR count). The van der Waals surface area contributed by atoms with Crippen LogP contribution in [-0.4, -0.2) is 35.8 Å². The molecule has 2 aromatic carbocycles. The van der Waals surface area contributed by atoms with Crippen LogP contribution in [-0.2, 0) is 13.0 Å². The normalized spacial score (nSPS) is 16.0. The molecule has 8 heteroatoms. The molecule has 1 unspecified atom stereocenters. The third kappa shape index (κ3) is 3.99. The maximum Gasteiger partial charge on any atom is 0.241 e. The van der Waals surface area contributed by atoms with E-state index in [9.17, 15) is 0 Å². The van der Waals surface area contributed by atoms with Gasteiger partial charge >= 0.3 is 0 Å². The van der Waals surface area contributed by atoms with Gasteiger partial charge in [0.1, 0.15) is 0 Å². The molecule has 6 nitrogen and oxygen atoms in total. The van der Waals surface area contributed by atoms with Crippen LogP contribution in [0.15, 0.2) is 58.4 Å². The zero-order chi connectivity index (χ0) is 22.1. The van der Waals surface area contributed by atoms with E-state index in [1.165, 1.54) is 16.0 Å². The number of aromatic nitrogens is 2. The summed E-state index contributed by atoms with van der Waals surface area (Å²) in [5, 5.41) is 6.96. The Morgan fingerprint density at radius 3 is 2.62 bits per heavy atom. The second-order valence-electron chi connectivity index (χ2n) is 7.56. The number of thiophene rings is 1. The van der Waals surface area contributed by atoms with E-state index < -0.39 is 0 Å². The maximum absolute atomic E-state index is 5.99. The van der Waals surface area contributed by atoms with E-state index in [4.69, 9.17) is 25.6 Å². The number of hydrogen-bond acceptors (Lipinski definition) is 7. The molecule has 1 atom stereocenters. The van der Waals surface area contributed by atoms with Crippen LogP contribution in [0.3, 0.4) is 0 Å². The number of methoxy groups -OCH3 is 2. The van der Waals surface area contributed by atoms with Crippen molar-refractivity contribution in [2.75, 3.05) is 20.8 Å². The van der Waals surface area contributed by atoms with Gasteiger partial charge in [0.25, 0.3) is 0 Å². The zero-order valence-corrected chi connectivity index (χ0v) is 19.3. The Morgan fingerprint density at radius 1 is 1.12 bits per heavy atom. The second-order valence-corrected chi connectivity index (χ2v) is 8.98. The van der Waals surface area contributed by atoms with E-state index >= 15 is 0 Å². The van der Waals surface area contributed by atoms with E-state index in [1.807, 2.05) is 24.3 Å². The van der Waals surface area contributed by atoms with E-state index in [2.05, 4.69) is 44.7 Å². The number of hydrogen-bond donors (Lipinski definition) is 0. The Labute approximate surface area is 195 Å². The second kappa shape index (κ2) is 8.94. The lowest BCUT2D eigenvalue weighted by Gasteiger charge is -2.36. The number of ether oxygens (including phenoxy) is 2. The van der Waals surface area contributed by atoms with Gasteiger partial charge in [-0.3, -0.25) is 4.90 Å². The molecule has 0 spiro atoms. The Bertz CT molecular complexity index is 1210. The van der Waals surface area contributed by atoms with Gasteiger partial charge in [0, 0.05) is 22.0 Å². The lowest BCUT2D eigenvalue weighted by molar-refractivity contribution is 0.179. The first-order valence-electron chi connectivity index (χ1n) is 10.3. The summed E-state index contributed by atoms with van der Waals surface area (Å²) >= 11 is 7.73. The number of benzene rings is 2. The largest absolute Gasteiger partial charge is 0.493 e. The lowest BCUT2D eigenvalue weighted by atomic mass is 9.91. The van der Waals surface area contributed by atoms with Crippen molar-refractivity contribution < 1.29 is 14.0 Å². The van der Waals surface area contributed by atoms with E-state index in [-0.39, 0.29) is 6.04 Å². The molecule has 1 aliphatic heterocycles. The van der Waals surface area contributed by atoms with E-state index in [1.54, 1.807) is 25.6 Å². The molecular weight excluding hydrogens is 446 g/mol. The first kappa shape index (κ1) is 21.0. The van der Waals surface area contributed by atoms with Crippen molar-refractivity contribution in [1.82, 2.24) is 15.0 Å². The quantitative estimate of drug-likeness (QED) is 0.367. The molecule has 0 bridgehead atoms. The average Bonchev–Trinajstić information content (AvgIpc) is 3.51. The first-order chi connectivity index (χ1) is 15.7. The smallest absolute Gasteiger partial charge is 0.241 e. The average molecular weight is 468 g/mol. The summed E-state index contributed by atoms with van der Waals surface area (Å²) < 4.78 is 16.7. The van der Waals surface area contributed by atoms with Crippen LogP contribution in [0.5, 0.6) is 11.5 Å². The topological polar surface area (TPSA) is 60.6 Å². The summed E-state index contributed by atoms with van der Waals surface area (Å²) in [6.45, 7) is 1.42. The van der Waals surface area contributed by atoms with Crippen LogP contribution < -0.4 is 9.47 Å². The highest BCUT2D eigenvalue weighted by molar-refractivity contribution is 7.10. The fraction of sp³-hybridized carbons (Fsp3) is 0.250. The van der Waals surface area contributed by atoms with Gasteiger partial charge in [-0.15, -0.1) is 11.3 Å². The molecule has 0 aliphatic carbocycles. The lowest BCUT2D eigenvalue weighted by Crippen LogP contribution is -2.35. The van der Waals surface area contributed by atoms with Crippen molar-refractivity contribution in [3.8, 4) is 22.9 Å². The van der Waals surface area contributed by atoms with Crippen LogP contribution in [0.4, 0.5) is 0 Å². The van der Waals surface area contributed by atoms with Gasteiger partial charge in [0.05, 0.1) is 26.8 Å². The van der Waals surface area contributed by atoms with Gasteiger partial charge in [-0.1, -0.05) is 22.8 Å². The number of fused-ring (bicyclic) bond motifs is 1. The fourth-order valence-corrected chi connectivity index (χ4v) is 5.16. The van der Waals surface area contributed by atoms with Crippen LogP contribution in [0.2, 0.25) is 5.02 Å². The summed E-state index contributed by atoms with van der Waals surface area (Å²) in [6, 6.07) is 15.9. The highest BCUT2D eigenvalue weighted by Crippen LogP contribution is 2.42. The van der Waals surface area contributed by atoms with Gasteiger partial charge in [0.15, 0.2) is 11.5 Å². The molecule has 3 heterocycles. The summed E-state index contributed by atoms with van der Waals surface area (Å²) in [7, 11) is 3.34. The van der Waals surface area contributed by atoms with Crippen molar-refractivity contribution >= 4 is 22.9 Å². The summed E-state index contributed by atoms with van der Waals surface area (Å²) in [4.78, 5) is 8.27. The standard InChI is InChI=1S/C24H22ClN3O3S/c1-29-19-12-16-9-10-28(23(21-4-3-11-32-21)18(16)13-20(19)30-2)14-22-26-24(27-31-22)15-5-7-17(25)8-6-15/h3-8,11-13,23H,9-10,14H2,1-2H3. The van der Waals surface area contributed by atoms with E-state index in [0.29, 0.717) is 23.3 Å². The minimum absolute atomic E-state index is 0.0736. The molecule has 0 N–H and O–H groups in total. The maximum atomic E-state index is 5.99. The SMILES string of the molecule is COc1cc2c(cc1OC)C(c1cccs1)N(Cc1nc(-c3ccc(Cl)cc3)no1)CC2. The van der Waals surface area contributed by atoms with E-state index in [0.717, 1.165) is 30.0 Å². The molecule has 32 heavy (non-hydrogen) atoms. The predicted octanol–water partition coefficient (Wildman–Crippen LogP) is 5.62. The Balaban J connectivity index is 1.47.